The van der Waals surface area contributed by atoms with Crippen LogP contribution in [0.5, 0.6) is 0 Å². The minimum Gasteiger partial charge on any atom is -0.447 e. The Hall–Kier alpha value is -2.77. The number of anilines is 1. The van der Waals surface area contributed by atoms with Crippen molar-refractivity contribution in [3.05, 3.63) is 24.3 Å². The van der Waals surface area contributed by atoms with Crippen LogP contribution < -0.4 is 22.1 Å². The first-order valence-corrected chi connectivity index (χ1v) is 7.90. The minimum absolute atomic E-state index is 0.00781. The van der Waals surface area contributed by atoms with Gasteiger partial charge in [-0.25, -0.2) is 9.79 Å². The molecular formula is C16H21N5O3. The number of carbonyl (C=O) groups is 2. The zero-order valence-corrected chi connectivity index (χ0v) is 13.3. The van der Waals surface area contributed by atoms with E-state index in [0.717, 1.165) is 18.7 Å². The van der Waals surface area contributed by atoms with Gasteiger partial charge in [-0.2, -0.15) is 0 Å². The van der Waals surface area contributed by atoms with Gasteiger partial charge >= 0.3 is 5.97 Å². The van der Waals surface area contributed by atoms with Gasteiger partial charge in [-0.3, -0.25) is 4.79 Å². The van der Waals surface area contributed by atoms with Crippen LogP contribution in [0.25, 0.3) is 0 Å². The average molecular weight is 331 g/mol. The third-order valence-corrected chi connectivity index (χ3v) is 4.41. The lowest BCUT2D eigenvalue weighted by Gasteiger charge is -2.26. The zero-order chi connectivity index (χ0) is 17.3. The molecule has 8 heteroatoms. The highest BCUT2D eigenvalue weighted by Gasteiger charge is 2.54. The Labute approximate surface area is 139 Å². The molecule has 1 heterocycles. The molecular weight excluding hydrogens is 310 g/mol. The van der Waals surface area contributed by atoms with E-state index in [2.05, 4.69) is 4.99 Å². The highest BCUT2D eigenvalue weighted by Crippen LogP contribution is 2.40. The summed E-state index contributed by atoms with van der Waals surface area (Å²) in [4.78, 5) is 29.8. The van der Waals surface area contributed by atoms with E-state index in [-0.39, 0.29) is 5.96 Å². The molecule has 1 atom stereocenters. The van der Waals surface area contributed by atoms with Gasteiger partial charge in [0.25, 0.3) is 5.91 Å². The SMILES string of the molecule is NC(=O)C1(OC(=O)C2CCCN2c2ccc(N=C(N)N)cc2)CC1. The fourth-order valence-electron chi connectivity index (χ4n) is 2.96. The fraction of sp³-hybridized carbons (Fsp3) is 0.438. The number of hydrogen-bond acceptors (Lipinski definition) is 5. The summed E-state index contributed by atoms with van der Waals surface area (Å²) in [6.07, 6.45) is 2.57. The molecule has 1 unspecified atom stereocenters. The Bertz CT molecular complexity index is 677. The molecule has 8 nitrogen and oxygen atoms in total. The molecule has 1 saturated heterocycles. The number of rotatable bonds is 5. The molecule has 128 valence electrons. The van der Waals surface area contributed by atoms with Crippen LogP contribution in [0.2, 0.25) is 0 Å². The first-order valence-electron chi connectivity index (χ1n) is 7.90. The summed E-state index contributed by atoms with van der Waals surface area (Å²) in [5.41, 5.74) is 16.5. The maximum Gasteiger partial charge on any atom is 0.329 e. The Morgan fingerprint density at radius 3 is 2.38 bits per heavy atom. The molecule has 1 aromatic carbocycles. The first kappa shape index (κ1) is 16.1. The van der Waals surface area contributed by atoms with Crippen LogP contribution in [-0.2, 0) is 14.3 Å². The fourth-order valence-corrected chi connectivity index (χ4v) is 2.96. The second kappa shape index (κ2) is 6.03. The molecule has 0 spiro atoms. The Balaban J connectivity index is 1.72. The van der Waals surface area contributed by atoms with E-state index in [0.29, 0.717) is 24.9 Å². The number of aliphatic imine (C=N–C) groups is 1. The largest absolute Gasteiger partial charge is 0.447 e. The van der Waals surface area contributed by atoms with E-state index in [1.807, 2.05) is 17.0 Å². The summed E-state index contributed by atoms with van der Waals surface area (Å²) in [5, 5.41) is 0. The van der Waals surface area contributed by atoms with Crippen molar-refractivity contribution in [1.29, 1.82) is 0 Å². The monoisotopic (exact) mass is 331 g/mol. The van der Waals surface area contributed by atoms with E-state index in [1.54, 1.807) is 12.1 Å². The molecule has 0 aromatic heterocycles. The maximum absolute atomic E-state index is 12.5. The molecule has 0 radical (unpaired) electrons. The van der Waals surface area contributed by atoms with Crippen molar-refractivity contribution in [3.63, 3.8) is 0 Å². The van der Waals surface area contributed by atoms with Crippen molar-refractivity contribution in [2.75, 3.05) is 11.4 Å². The van der Waals surface area contributed by atoms with Gasteiger partial charge < -0.3 is 26.8 Å². The van der Waals surface area contributed by atoms with E-state index in [1.165, 1.54) is 0 Å². The van der Waals surface area contributed by atoms with Crippen molar-refractivity contribution >= 4 is 29.2 Å². The molecule has 1 aliphatic carbocycles. The van der Waals surface area contributed by atoms with Crippen LogP contribution in [0, 0.1) is 0 Å². The van der Waals surface area contributed by atoms with Crippen molar-refractivity contribution < 1.29 is 14.3 Å². The number of amides is 1. The van der Waals surface area contributed by atoms with Gasteiger partial charge in [0.1, 0.15) is 6.04 Å². The van der Waals surface area contributed by atoms with Crippen LogP contribution in [-0.4, -0.2) is 36.0 Å². The van der Waals surface area contributed by atoms with Crippen molar-refractivity contribution in [2.45, 2.75) is 37.3 Å². The van der Waals surface area contributed by atoms with Gasteiger partial charge in [-0.05, 0) is 37.1 Å². The first-order chi connectivity index (χ1) is 11.4. The number of esters is 1. The molecule has 0 bridgehead atoms. The molecule has 1 saturated carbocycles. The summed E-state index contributed by atoms with van der Waals surface area (Å²) < 4.78 is 5.41. The Morgan fingerprint density at radius 1 is 1.17 bits per heavy atom. The smallest absolute Gasteiger partial charge is 0.329 e. The summed E-state index contributed by atoms with van der Waals surface area (Å²) in [6.45, 7) is 0.741. The summed E-state index contributed by atoms with van der Waals surface area (Å²) >= 11 is 0. The van der Waals surface area contributed by atoms with E-state index in [4.69, 9.17) is 21.9 Å². The number of benzene rings is 1. The third-order valence-electron chi connectivity index (χ3n) is 4.41. The zero-order valence-electron chi connectivity index (χ0n) is 13.3. The predicted octanol–water partition coefficient (Wildman–Crippen LogP) is 0.121. The second-order valence-corrected chi connectivity index (χ2v) is 6.18. The number of guanidine groups is 1. The molecule has 2 aliphatic rings. The van der Waals surface area contributed by atoms with Crippen molar-refractivity contribution in [2.24, 2.45) is 22.2 Å². The van der Waals surface area contributed by atoms with E-state index < -0.39 is 23.5 Å². The lowest BCUT2D eigenvalue weighted by molar-refractivity contribution is -0.158. The quantitative estimate of drug-likeness (QED) is 0.398. The van der Waals surface area contributed by atoms with Gasteiger partial charge in [-0.1, -0.05) is 0 Å². The highest BCUT2D eigenvalue weighted by molar-refractivity contribution is 5.91. The Kier molecular flexibility index (Phi) is 4.04. The van der Waals surface area contributed by atoms with Gasteiger partial charge in [0.15, 0.2) is 11.6 Å². The predicted molar refractivity (Wildman–Crippen MR) is 89.5 cm³/mol. The van der Waals surface area contributed by atoms with Crippen molar-refractivity contribution in [1.82, 2.24) is 0 Å². The summed E-state index contributed by atoms with van der Waals surface area (Å²) in [5.74, 6) is -0.967. The van der Waals surface area contributed by atoms with Gasteiger partial charge in [-0.15, -0.1) is 0 Å². The molecule has 6 N–H and O–H groups in total. The molecule has 1 aliphatic heterocycles. The average Bonchev–Trinajstić information content (AvgIpc) is 3.14. The molecule has 3 rings (SSSR count). The van der Waals surface area contributed by atoms with Crippen LogP contribution >= 0.6 is 0 Å². The van der Waals surface area contributed by atoms with Crippen LogP contribution in [0.15, 0.2) is 29.3 Å². The second-order valence-electron chi connectivity index (χ2n) is 6.18. The number of nitrogens with two attached hydrogens (primary N) is 3. The van der Waals surface area contributed by atoms with Gasteiger partial charge in [0.2, 0.25) is 0 Å². The number of hydrogen-bond donors (Lipinski definition) is 3. The van der Waals surface area contributed by atoms with Crippen LogP contribution in [0.3, 0.4) is 0 Å². The van der Waals surface area contributed by atoms with E-state index >= 15 is 0 Å². The number of carbonyl (C=O) groups excluding carboxylic acids is 2. The third kappa shape index (κ3) is 3.12. The van der Waals surface area contributed by atoms with Crippen LogP contribution in [0.4, 0.5) is 11.4 Å². The highest BCUT2D eigenvalue weighted by atomic mass is 16.6. The van der Waals surface area contributed by atoms with Crippen molar-refractivity contribution in [3.8, 4) is 0 Å². The van der Waals surface area contributed by atoms with Crippen LogP contribution in [0.1, 0.15) is 25.7 Å². The minimum atomic E-state index is -1.08. The molecule has 2 fully saturated rings. The molecule has 1 amide bonds. The normalized spacial score (nSPS) is 21.2. The number of nitrogens with zero attached hydrogens (tertiary/aromatic N) is 2. The van der Waals surface area contributed by atoms with Gasteiger partial charge in [0, 0.05) is 25.1 Å². The standard InChI is InChI=1S/C16H21N5O3/c17-14(23)16(7-8-16)24-13(22)12-2-1-9-21(12)11-5-3-10(4-6-11)20-15(18)19/h3-6,12H,1-2,7-9H2,(H2,17,23)(H4,18,19,20). The molecule has 24 heavy (non-hydrogen) atoms. The summed E-state index contributed by atoms with van der Waals surface area (Å²) in [6, 6.07) is 6.86. The summed E-state index contributed by atoms with van der Waals surface area (Å²) in [7, 11) is 0. The molecule has 1 aromatic rings. The maximum atomic E-state index is 12.5. The topological polar surface area (TPSA) is 137 Å². The number of ether oxygens (including phenoxy) is 1. The Morgan fingerprint density at radius 2 is 1.83 bits per heavy atom. The lowest BCUT2D eigenvalue weighted by Crippen LogP contribution is -2.43. The number of primary amides is 1. The van der Waals surface area contributed by atoms with E-state index in [9.17, 15) is 9.59 Å². The lowest BCUT2D eigenvalue weighted by atomic mass is 10.2. The van der Waals surface area contributed by atoms with Gasteiger partial charge in [0.05, 0.1) is 5.69 Å².